The van der Waals surface area contributed by atoms with Gasteiger partial charge in [0.1, 0.15) is 10.4 Å². The smallest absolute Gasteiger partial charge is 0.329 e. The molecule has 0 saturated carbocycles. The van der Waals surface area contributed by atoms with E-state index in [1.165, 1.54) is 12.0 Å². The van der Waals surface area contributed by atoms with Gasteiger partial charge < -0.3 is 14.2 Å². The summed E-state index contributed by atoms with van der Waals surface area (Å²) in [6, 6.07) is 17.9. The summed E-state index contributed by atoms with van der Waals surface area (Å²) in [4.78, 5) is 32.2. The molecule has 1 unspecified atom stereocenters. The van der Waals surface area contributed by atoms with E-state index in [4.69, 9.17) is 26.4 Å². The molecule has 1 fully saturated rings. The average Bonchev–Trinajstić information content (AvgIpc) is 3.19. The lowest BCUT2D eigenvalue weighted by Crippen LogP contribution is -2.45. The Hall–Kier alpha value is -3.69. The van der Waals surface area contributed by atoms with Gasteiger partial charge in [0.25, 0.3) is 5.91 Å². The van der Waals surface area contributed by atoms with Crippen molar-refractivity contribution in [1.29, 1.82) is 0 Å². The maximum Gasteiger partial charge on any atom is 0.329 e. The highest BCUT2D eigenvalue weighted by atomic mass is 32.2. The molecule has 1 atom stereocenters. The van der Waals surface area contributed by atoms with Crippen molar-refractivity contribution in [2.45, 2.75) is 12.5 Å². The highest BCUT2D eigenvalue weighted by molar-refractivity contribution is 8.26. The van der Waals surface area contributed by atoms with E-state index in [9.17, 15) is 9.59 Å². The number of rotatable bonds is 8. The number of methoxy groups -OCH3 is 3. The number of hydrogen-bond donors (Lipinski definition) is 0. The van der Waals surface area contributed by atoms with Crippen molar-refractivity contribution >= 4 is 46.3 Å². The van der Waals surface area contributed by atoms with Gasteiger partial charge in [-0.3, -0.25) is 14.7 Å². The molecule has 0 bridgehead atoms. The van der Waals surface area contributed by atoms with Gasteiger partial charge in [-0.25, -0.2) is 4.79 Å². The minimum absolute atomic E-state index is 0.297. The van der Waals surface area contributed by atoms with Gasteiger partial charge in [-0.1, -0.05) is 66.4 Å². The van der Waals surface area contributed by atoms with Crippen molar-refractivity contribution in [2.75, 3.05) is 21.3 Å². The lowest BCUT2D eigenvalue weighted by molar-refractivity contribution is -0.148. The Morgan fingerprint density at radius 1 is 1.06 bits per heavy atom. The Morgan fingerprint density at radius 3 is 2.47 bits per heavy atom. The van der Waals surface area contributed by atoms with E-state index >= 15 is 0 Å². The van der Waals surface area contributed by atoms with Crippen molar-refractivity contribution < 1.29 is 23.8 Å². The monoisotopic (exact) mass is 520 g/mol. The number of benzene rings is 2. The standard InChI is InChI=1S/C27H24N2O5S2/c1-32-22-11-7-10-19(24(22)33-2)20-13-12-18(16-28-20)15-23-25(30)29(27(35)36-23)21(26(31)34-3)14-17-8-5-4-6-9-17/h4-13,15-16,21H,14H2,1-3H3/b23-15-. The highest BCUT2D eigenvalue weighted by Gasteiger charge is 2.41. The number of aromatic nitrogens is 1. The summed E-state index contributed by atoms with van der Waals surface area (Å²) in [5.41, 5.74) is 3.11. The van der Waals surface area contributed by atoms with Crippen LogP contribution in [0, 0.1) is 0 Å². The van der Waals surface area contributed by atoms with Gasteiger partial charge in [-0.2, -0.15) is 0 Å². The van der Waals surface area contributed by atoms with Gasteiger partial charge in [0, 0.05) is 18.2 Å². The zero-order chi connectivity index (χ0) is 25.7. The molecule has 2 aromatic carbocycles. The Bertz CT molecular complexity index is 1310. The Balaban J connectivity index is 1.58. The molecule has 1 aliphatic rings. The third kappa shape index (κ3) is 5.27. The second-order valence-corrected chi connectivity index (χ2v) is 9.47. The first kappa shape index (κ1) is 25.4. The third-order valence-corrected chi connectivity index (χ3v) is 6.97. The van der Waals surface area contributed by atoms with Crippen LogP contribution in [0.25, 0.3) is 17.3 Å². The molecule has 2 heterocycles. The van der Waals surface area contributed by atoms with Crippen LogP contribution in [0.4, 0.5) is 0 Å². The number of amides is 1. The summed E-state index contributed by atoms with van der Waals surface area (Å²) in [6.07, 6.45) is 3.68. The molecule has 184 valence electrons. The molecule has 3 aromatic rings. The third-order valence-electron chi connectivity index (χ3n) is 5.64. The number of carbonyl (C=O) groups excluding carboxylic acids is 2. The number of pyridine rings is 1. The number of thiocarbonyl (C=S) groups is 1. The summed E-state index contributed by atoms with van der Waals surface area (Å²) in [5.74, 6) is 0.345. The Morgan fingerprint density at radius 2 is 1.83 bits per heavy atom. The Kier molecular flexibility index (Phi) is 8.02. The van der Waals surface area contributed by atoms with Gasteiger partial charge in [-0.15, -0.1) is 0 Å². The minimum Gasteiger partial charge on any atom is -0.493 e. The van der Waals surface area contributed by atoms with Gasteiger partial charge in [0.2, 0.25) is 0 Å². The predicted molar refractivity (Wildman–Crippen MR) is 144 cm³/mol. The second kappa shape index (κ2) is 11.4. The normalized spacial score (nSPS) is 15.2. The predicted octanol–water partition coefficient (Wildman–Crippen LogP) is 4.75. The fourth-order valence-electron chi connectivity index (χ4n) is 3.89. The Labute approximate surface area is 219 Å². The largest absolute Gasteiger partial charge is 0.493 e. The van der Waals surface area contributed by atoms with Gasteiger partial charge in [0.15, 0.2) is 11.5 Å². The molecular weight excluding hydrogens is 496 g/mol. The summed E-state index contributed by atoms with van der Waals surface area (Å²) in [6.45, 7) is 0. The SMILES string of the molecule is COC(=O)C(Cc1ccccc1)N1C(=O)/C(=C/c2ccc(-c3cccc(OC)c3OC)nc2)SC1=S. The number of thioether (sulfide) groups is 1. The summed E-state index contributed by atoms with van der Waals surface area (Å²) in [7, 11) is 4.47. The van der Waals surface area contributed by atoms with E-state index in [0.717, 1.165) is 28.5 Å². The van der Waals surface area contributed by atoms with Crippen molar-refractivity contribution in [3.63, 3.8) is 0 Å². The van der Waals surface area contributed by atoms with E-state index in [1.807, 2.05) is 60.7 Å². The quantitative estimate of drug-likeness (QED) is 0.239. The first-order chi connectivity index (χ1) is 17.5. The molecule has 7 nitrogen and oxygen atoms in total. The molecule has 4 rings (SSSR count). The fourth-order valence-corrected chi connectivity index (χ4v) is 5.25. The van der Waals surface area contributed by atoms with Crippen LogP contribution >= 0.6 is 24.0 Å². The summed E-state index contributed by atoms with van der Waals surface area (Å²) < 4.78 is 16.2. The molecule has 0 radical (unpaired) electrons. The second-order valence-electron chi connectivity index (χ2n) is 7.80. The maximum atomic E-state index is 13.3. The minimum atomic E-state index is -0.850. The van der Waals surface area contributed by atoms with Crippen molar-refractivity contribution in [1.82, 2.24) is 9.88 Å². The lowest BCUT2D eigenvalue weighted by Gasteiger charge is -2.24. The van der Waals surface area contributed by atoms with E-state index < -0.39 is 12.0 Å². The van der Waals surface area contributed by atoms with Crippen LogP contribution in [0.3, 0.4) is 0 Å². The van der Waals surface area contributed by atoms with Gasteiger partial charge in [-0.05, 0) is 35.4 Å². The summed E-state index contributed by atoms with van der Waals surface area (Å²) >= 11 is 6.64. The molecule has 36 heavy (non-hydrogen) atoms. The van der Waals surface area contributed by atoms with Gasteiger partial charge >= 0.3 is 5.97 Å². The van der Waals surface area contributed by atoms with Crippen LogP contribution in [0.2, 0.25) is 0 Å². The zero-order valence-corrected chi connectivity index (χ0v) is 21.6. The lowest BCUT2D eigenvalue weighted by atomic mass is 10.0. The number of para-hydroxylation sites is 1. The van der Waals surface area contributed by atoms with Crippen molar-refractivity contribution in [3.05, 3.63) is 82.9 Å². The van der Waals surface area contributed by atoms with E-state index in [-0.39, 0.29) is 5.91 Å². The van der Waals surface area contributed by atoms with Crippen LogP contribution in [0.5, 0.6) is 11.5 Å². The first-order valence-electron chi connectivity index (χ1n) is 11.0. The van der Waals surface area contributed by atoms with E-state index in [2.05, 4.69) is 4.98 Å². The number of esters is 1. The molecule has 1 aliphatic heterocycles. The topological polar surface area (TPSA) is 78.0 Å². The molecule has 1 aromatic heterocycles. The number of carbonyl (C=O) groups is 2. The van der Waals surface area contributed by atoms with Gasteiger partial charge in [0.05, 0.1) is 31.9 Å². The first-order valence-corrected chi connectivity index (χ1v) is 12.3. The fraction of sp³-hybridized carbons (Fsp3) is 0.185. The molecule has 1 amide bonds. The highest BCUT2D eigenvalue weighted by Crippen LogP contribution is 2.38. The van der Waals surface area contributed by atoms with Crippen LogP contribution in [0.1, 0.15) is 11.1 Å². The average molecular weight is 521 g/mol. The van der Waals surface area contributed by atoms with Crippen LogP contribution < -0.4 is 9.47 Å². The number of nitrogens with zero attached hydrogens (tertiary/aromatic N) is 2. The van der Waals surface area contributed by atoms with Crippen LogP contribution in [-0.4, -0.2) is 53.5 Å². The van der Waals surface area contributed by atoms with E-state index in [1.54, 1.807) is 26.5 Å². The van der Waals surface area contributed by atoms with Crippen molar-refractivity contribution in [3.8, 4) is 22.8 Å². The number of hydrogen-bond acceptors (Lipinski definition) is 8. The van der Waals surface area contributed by atoms with E-state index in [0.29, 0.717) is 32.8 Å². The zero-order valence-electron chi connectivity index (χ0n) is 20.0. The molecule has 0 spiro atoms. The van der Waals surface area contributed by atoms with Crippen molar-refractivity contribution in [2.24, 2.45) is 0 Å². The molecule has 0 aliphatic carbocycles. The molecule has 9 heteroatoms. The van der Waals surface area contributed by atoms with Crippen LogP contribution in [0.15, 0.2) is 71.8 Å². The molecular formula is C27H24N2O5S2. The molecule has 0 N–H and O–H groups in total. The maximum absolute atomic E-state index is 13.3. The summed E-state index contributed by atoms with van der Waals surface area (Å²) in [5, 5.41) is 0. The van der Waals surface area contributed by atoms with Crippen LogP contribution in [-0.2, 0) is 20.7 Å². The molecule has 1 saturated heterocycles. The number of ether oxygens (including phenoxy) is 3.